The van der Waals surface area contributed by atoms with Gasteiger partial charge in [0.25, 0.3) is 0 Å². The number of carbonyl (C=O) groups is 3. The predicted molar refractivity (Wildman–Crippen MR) is 113 cm³/mol. The summed E-state index contributed by atoms with van der Waals surface area (Å²) in [5.74, 6) is -2.49. The number of aromatic nitrogens is 1. The van der Waals surface area contributed by atoms with Gasteiger partial charge in [-0.2, -0.15) is 0 Å². The van der Waals surface area contributed by atoms with E-state index < -0.39 is 42.0 Å². The van der Waals surface area contributed by atoms with E-state index >= 15 is 0 Å². The summed E-state index contributed by atoms with van der Waals surface area (Å²) in [6.45, 7) is 5.02. The standard InChI is InChI=1S/C21H30N4O5/c1-11(2)8-17(20(28)25-18(12(3)26)21(29)30)24-19(27)15(22)9-13-10-23-16-7-5-4-6-14(13)16/h4-7,10-12,15,17-18,23,26H,8-9,22H2,1-3H3,(H,24,27)(H,25,28)(H,29,30)/t12-,15+,17+,18+/m1/s1. The number of fused-ring (bicyclic) bond motifs is 1. The molecule has 1 aromatic carbocycles. The van der Waals surface area contributed by atoms with Crippen molar-refractivity contribution in [3.8, 4) is 0 Å². The molecule has 0 spiro atoms. The molecule has 0 radical (unpaired) electrons. The van der Waals surface area contributed by atoms with E-state index in [4.69, 9.17) is 5.73 Å². The number of benzene rings is 1. The lowest BCUT2D eigenvalue weighted by atomic mass is 10.0. The minimum Gasteiger partial charge on any atom is -0.480 e. The predicted octanol–water partition coefficient (Wildman–Crippen LogP) is 0.519. The lowest BCUT2D eigenvalue weighted by molar-refractivity contribution is -0.145. The summed E-state index contributed by atoms with van der Waals surface area (Å²) in [6, 6.07) is 4.34. The molecule has 0 aliphatic heterocycles. The van der Waals surface area contributed by atoms with Crippen LogP contribution in [0.2, 0.25) is 0 Å². The van der Waals surface area contributed by atoms with Crippen molar-refractivity contribution in [3.05, 3.63) is 36.0 Å². The van der Waals surface area contributed by atoms with E-state index in [1.807, 2.05) is 38.1 Å². The number of aromatic amines is 1. The summed E-state index contributed by atoms with van der Waals surface area (Å²) >= 11 is 0. The molecule has 0 fully saturated rings. The molecule has 2 aromatic rings. The second kappa shape index (κ2) is 10.2. The zero-order valence-electron chi connectivity index (χ0n) is 17.4. The summed E-state index contributed by atoms with van der Waals surface area (Å²) < 4.78 is 0. The highest BCUT2D eigenvalue weighted by Gasteiger charge is 2.30. The molecule has 0 aliphatic carbocycles. The van der Waals surface area contributed by atoms with E-state index in [1.54, 1.807) is 6.20 Å². The maximum Gasteiger partial charge on any atom is 0.328 e. The van der Waals surface area contributed by atoms with Crippen LogP contribution in [0.3, 0.4) is 0 Å². The van der Waals surface area contributed by atoms with Gasteiger partial charge in [0.2, 0.25) is 11.8 Å². The lowest BCUT2D eigenvalue weighted by Crippen LogP contribution is -2.57. The SMILES string of the molecule is CC(C)C[C@H](NC(=O)[C@@H](N)Cc1c[nH]c2ccccc12)C(=O)N[C@H](C(=O)O)[C@@H](C)O. The van der Waals surface area contributed by atoms with Crippen LogP contribution in [0.5, 0.6) is 0 Å². The Labute approximate surface area is 175 Å². The maximum atomic E-state index is 12.7. The molecular formula is C21H30N4O5. The minimum atomic E-state index is -1.47. The third kappa shape index (κ3) is 6.04. The van der Waals surface area contributed by atoms with Gasteiger partial charge in [0.1, 0.15) is 6.04 Å². The molecule has 0 bridgehead atoms. The summed E-state index contributed by atoms with van der Waals surface area (Å²) in [6.07, 6.45) is 1.09. The van der Waals surface area contributed by atoms with Crippen molar-refractivity contribution in [3.63, 3.8) is 0 Å². The Hall–Kier alpha value is -2.91. The Balaban J connectivity index is 2.08. The minimum absolute atomic E-state index is 0.0562. The van der Waals surface area contributed by atoms with Crippen LogP contribution in [0.25, 0.3) is 10.9 Å². The van der Waals surface area contributed by atoms with Gasteiger partial charge in [-0.1, -0.05) is 32.0 Å². The van der Waals surface area contributed by atoms with Gasteiger partial charge in [0.15, 0.2) is 6.04 Å². The third-order valence-electron chi connectivity index (χ3n) is 4.84. The number of carbonyl (C=O) groups excluding carboxylic acids is 2. The van der Waals surface area contributed by atoms with Gasteiger partial charge in [0.05, 0.1) is 12.1 Å². The number of rotatable bonds is 10. The fourth-order valence-electron chi connectivity index (χ4n) is 3.25. The fourth-order valence-corrected chi connectivity index (χ4v) is 3.25. The third-order valence-corrected chi connectivity index (χ3v) is 4.84. The van der Waals surface area contributed by atoms with Gasteiger partial charge in [-0.25, -0.2) is 4.79 Å². The zero-order chi connectivity index (χ0) is 22.4. The van der Waals surface area contributed by atoms with Crippen LogP contribution in [0.1, 0.15) is 32.8 Å². The maximum absolute atomic E-state index is 12.7. The molecule has 7 N–H and O–H groups in total. The Morgan fingerprint density at radius 1 is 1.10 bits per heavy atom. The number of aliphatic hydroxyl groups is 1. The van der Waals surface area contributed by atoms with Crippen LogP contribution in [0.4, 0.5) is 0 Å². The lowest BCUT2D eigenvalue weighted by Gasteiger charge is -2.25. The van der Waals surface area contributed by atoms with Crippen LogP contribution in [0, 0.1) is 5.92 Å². The van der Waals surface area contributed by atoms with Gasteiger partial charge < -0.3 is 31.6 Å². The molecular weight excluding hydrogens is 388 g/mol. The first-order valence-electron chi connectivity index (χ1n) is 9.92. The highest BCUT2D eigenvalue weighted by Crippen LogP contribution is 2.19. The molecule has 0 unspecified atom stereocenters. The molecule has 30 heavy (non-hydrogen) atoms. The van der Waals surface area contributed by atoms with Crippen molar-refractivity contribution in [2.75, 3.05) is 0 Å². The van der Waals surface area contributed by atoms with Crippen LogP contribution in [-0.4, -0.2) is 57.2 Å². The second-order valence-electron chi connectivity index (χ2n) is 7.93. The highest BCUT2D eigenvalue weighted by atomic mass is 16.4. The highest BCUT2D eigenvalue weighted by molar-refractivity contribution is 5.92. The van der Waals surface area contributed by atoms with Gasteiger partial charge in [-0.3, -0.25) is 9.59 Å². The van der Waals surface area contributed by atoms with Crippen LogP contribution in [0.15, 0.2) is 30.5 Å². The number of nitrogens with one attached hydrogen (secondary N) is 3. The van der Waals surface area contributed by atoms with Crippen molar-refractivity contribution < 1.29 is 24.6 Å². The number of H-pyrrole nitrogens is 1. The Morgan fingerprint density at radius 3 is 2.37 bits per heavy atom. The van der Waals surface area contributed by atoms with Crippen molar-refractivity contribution in [1.29, 1.82) is 0 Å². The first-order valence-corrected chi connectivity index (χ1v) is 9.92. The van der Waals surface area contributed by atoms with Crippen molar-refractivity contribution >= 4 is 28.7 Å². The summed E-state index contributed by atoms with van der Waals surface area (Å²) in [7, 11) is 0. The smallest absolute Gasteiger partial charge is 0.328 e. The van der Waals surface area contributed by atoms with Crippen LogP contribution >= 0.6 is 0 Å². The molecule has 4 atom stereocenters. The Morgan fingerprint density at radius 2 is 1.77 bits per heavy atom. The molecule has 1 heterocycles. The van der Waals surface area contributed by atoms with Gasteiger partial charge in [-0.15, -0.1) is 0 Å². The molecule has 2 amide bonds. The number of hydrogen-bond acceptors (Lipinski definition) is 5. The number of nitrogens with two attached hydrogens (primary N) is 1. The molecule has 9 nitrogen and oxygen atoms in total. The number of amides is 2. The topological polar surface area (TPSA) is 158 Å². The van der Waals surface area contributed by atoms with Gasteiger partial charge in [0, 0.05) is 17.1 Å². The number of para-hydroxylation sites is 1. The molecule has 0 saturated heterocycles. The normalized spacial score (nSPS) is 15.4. The summed E-state index contributed by atoms with van der Waals surface area (Å²) in [4.78, 5) is 39.6. The van der Waals surface area contributed by atoms with E-state index in [2.05, 4.69) is 15.6 Å². The molecule has 0 aliphatic rings. The van der Waals surface area contributed by atoms with Gasteiger partial charge >= 0.3 is 5.97 Å². The molecule has 1 aromatic heterocycles. The second-order valence-corrected chi connectivity index (χ2v) is 7.93. The monoisotopic (exact) mass is 418 g/mol. The van der Waals surface area contributed by atoms with Crippen molar-refractivity contribution in [1.82, 2.24) is 15.6 Å². The van der Waals surface area contributed by atoms with Crippen LogP contribution in [-0.2, 0) is 20.8 Å². The van der Waals surface area contributed by atoms with Crippen molar-refractivity contribution in [2.45, 2.75) is 57.8 Å². The van der Waals surface area contributed by atoms with Crippen LogP contribution < -0.4 is 16.4 Å². The quantitative estimate of drug-likeness (QED) is 0.330. The largest absolute Gasteiger partial charge is 0.480 e. The number of carboxylic acids is 1. The van der Waals surface area contributed by atoms with E-state index in [0.717, 1.165) is 16.5 Å². The first-order chi connectivity index (χ1) is 14.1. The average molecular weight is 418 g/mol. The molecule has 164 valence electrons. The number of carboxylic acid groups (broad SMARTS) is 1. The van der Waals surface area contributed by atoms with E-state index in [9.17, 15) is 24.6 Å². The molecule has 0 saturated carbocycles. The van der Waals surface area contributed by atoms with Gasteiger partial charge in [-0.05, 0) is 37.3 Å². The number of aliphatic hydroxyl groups excluding tert-OH is 1. The van der Waals surface area contributed by atoms with E-state index in [1.165, 1.54) is 6.92 Å². The van der Waals surface area contributed by atoms with E-state index in [-0.39, 0.29) is 12.3 Å². The number of aliphatic carboxylic acids is 1. The van der Waals surface area contributed by atoms with Crippen molar-refractivity contribution in [2.24, 2.45) is 11.7 Å². The molecule has 9 heteroatoms. The Bertz CT molecular complexity index is 892. The summed E-state index contributed by atoms with van der Waals surface area (Å²) in [5, 5.41) is 24.6. The Kier molecular flexibility index (Phi) is 7.96. The fraction of sp³-hybridized carbons (Fsp3) is 0.476. The first kappa shape index (κ1) is 23.4. The number of hydrogen-bond donors (Lipinski definition) is 6. The average Bonchev–Trinajstić information content (AvgIpc) is 3.07. The van der Waals surface area contributed by atoms with E-state index in [0.29, 0.717) is 6.42 Å². The zero-order valence-corrected chi connectivity index (χ0v) is 17.4. The molecule has 2 rings (SSSR count). The summed E-state index contributed by atoms with van der Waals surface area (Å²) in [5.41, 5.74) is 7.91.